The molecule has 128 valence electrons. The first-order chi connectivity index (χ1) is 11.6. The molecule has 0 saturated heterocycles. The first kappa shape index (κ1) is 18.3. The Hall–Kier alpha value is -2.01. The fraction of sp³-hybridized carbons (Fsp3) is 0.316. The number of hydrogen-bond donors (Lipinski definition) is 1. The van der Waals surface area contributed by atoms with E-state index in [0.717, 1.165) is 10.0 Å². The van der Waals surface area contributed by atoms with Crippen molar-refractivity contribution in [2.24, 2.45) is 0 Å². The Balaban J connectivity index is 2.23. The van der Waals surface area contributed by atoms with Crippen LogP contribution in [0.3, 0.4) is 0 Å². The van der Waals surface area contributed by atoms with Gasteiger partial charge in [0.05, 0.1) is 19.3 Å². The summed E-state index contributed by atoms with van der Waals surface area (Å²) < 4.78 is 12.2. The lowest BCUT2D eigenvalue weighted by Crippen LogP contribution is -2.26. The minimum absolute atomic E-state index is 0.109. The molecule has 0 saturated carbocycles. The van der Waals surface area contributed by atoms with E-state index in [1.807, 2.05) is 51.1 Å². The normalized spacial score (nSPS) is 11.7. The van der Waals surface area contributed by atoms with E-state index in [4.69, 9.17) is 9.47 Å². The SMILES string of the molecule is CCOc1cc(Br)c([C@@H](C)NC(=O)c2ccccc2)cc1OCC. The van der Waals surface area contributed by atoms with Gasteiger partial charge in [-0.3, -0.25) is 4.79 Å². The molecule has 0 aliphatic heterocycles. The van der Waals surface area contributed by atoms with E-state index in [2.05, 4.69) is 21.2 Å². The van der Waals surface area contributed by atoms with Crippen LogP contribution in [0.2, 0.25) is 0 Å². The maximum Gasteiger partial charge on any atom is 0.251 e. The van der Waals surface area contributed by atoms with Crippen LogP contribution in [0.25, 0.3) is 0 Å². The van der Waals surface area contributed by atoms with Gasteiger partial charge in [0.15, 0.2) is 11.5 Å². The second-order valence-corrected chi connectivity index (χ2v) is 6.10. The zero-order valence-corrected chi connectivity index (χ0v) is 15.7. The second-order valence-electron chi connectivity index (χ2n) is 5.25. The number of amides is 1. The molecule has 5 heteroatoms. The first-order valence-corrected chi connectivity index (χ1v) is 8.81. The van der Waals surface area contributed by atoms with Crippen LogP contribution >= 0.6 is 15.9 Å². The molecule has 1 N–H and O–H groups in total. The van der Waals surface area contributed by atoms with Crippen molar-refractivity contribution in [2.75, 3.05) is 13.2 Å². The molecule has 0 unspecified atom stereocenters. The maximum atomic E-state index is 12.3. The molecule has 2 rings (SSSR count). The van der Waals surface area contributed by atoms with Gasteiger partial charge in [0.2, 0.25) is 0 Å². The Morgan fingerprint density at radius 3 is 2.25 bits per heavy atom. The molecule has 2 aromatic rings. The summed E-state index contributed by atoms with van der Waals surface area (Å²) in [7, 11) is 0. The molecule has 24 heavy (non-hydrogen) atoms. The van der Waals surface area contributed by atoms with E-state index in [0.29, 0.717) is 30.3 Å². The predicted octanol–water partition coefficient (Wildman–Crippen LogP) is 4.74. The average Bonchev–Trinajstić information content (AvgIpc) is 2.58. The van der Waals surface area contributed by atoms with Crippen LogP contribution in [0.15, 0.2) is 46.9 Å². The molecule has 0 fully saturated rings. The van der Waals surface area contributed by atoms with E-state index in [9.17, 15) is 4.79 Å². The van der Waals surface area contributed by atoms with Gasteiger partial charge in [-0.1, -0.05) is 34.1 Å². The van der Waals surface area contributed by atoms with Crippen molar-refractivity contribution in [1.82, 2.24) is 5.32 Å². The topological polar surface area (TPSA) is 47.6 Å². The van der Waals surface area contributed by atoms with Crippen molar-refractivity contribution in [1.29, 1.82) is 0 Å². The zero-order chi connectivity index (χ0) is 17.5. The Bertz CT molecular complexity index is 689. The smallest absolute Gasteiger partial charge is 0.251 e. The van der Waals surface area contributed by atoms with Crippen LogP contribution < -0.4 is 14.8 Å². The molecule has 2 aromatic carbocycles. The monoisotopic (exact) mass is 391 g/mol. The fourth-order valence-electron chi connectivity index (χ4n) is 2.37. The van der Waals surface area contributed by atoms with E-state index >= 15 is 0 Å². The van der Waals surface area contributed by atoms with Crippen LogP contribution in [0.5, 0.6) is 11.5 Å². The quantitative estimate of drug-likeness (QED) is 0.741. The van der Waals surface area contributed by atoms with Crippen LogP contribution in [0, 0.1) is 0 Å². The Morgan fingerprint density at radius 2 is 1.67 bits per heavy atom. The molecule has 1 atom stereocenters. The zero-order valence-electron chi connectivity index (χ0n) is 14.1. The number of nitrogens with one attached hydrogen (secondary N) is 1. The molecule has 0 aliphatic carbocycles. The van der Waals surface area contributed by atoms with Gasteiger partial charge >= 0.3 is 0 Å². The van der Waals surface area contributed by atoms with E-state index < -0.39 is 0 Å². The molecule has 0 aliphatic rings. The molecule has 0 spiro atoms. The molecule has 0 bridgehead atoms. The summed E-state index contributed by atoms with van der Waals surface area (Å²) in [5, 5.41) is 3.01. The van der Waals surface area contributed by atoms with Crippen LogP contribution in [0.1, 0.15) is 42.7 Å². The van der Waals surface area contributed by atoms with Gasteiger partial charge in [-0.05, 0) is 50.6 Å². The molecular formula is C19H22BrNO3. The average molecular weight is 392 g/mol. The second kappa shape index (κ2) is 8.73. The molecule has 0 aromatic heterocycles. The molecule has 0 heterocycles. The summed E-state index contributed by atoms with van der Waals surface area (Å²) in [6.45, 7) is 6.91. The van der Waals surface area contributed by atoms with Gasteiger partial charge in [0.25, 0.3) is 5.91 Å². The van der Waals surface area contributed by atoms with Crippen molar-refractivity contribution in [3.8, 4) is 11.5 Å². The Labute approximate surface area is 151 Å². The highest BCUT2D eigenvalue weighted by Crippen LogP contribution is 2.36. The highest BCUT2D eigenvalue weighted by atomic mass is 79.9. The lowest BCUT2D eigenvalue weighted by molar-refractivity contribution is 0.0939. The van der Waals surface area contributed by atoms with Crippen molar-refractivity contribution < 1.29 is 14.3 Å². The highest BCUT2D eigenvalue weighted by Gasteiger charge is 2.17. The minimum Gasteiger partial charge on any atom is -0.490 e. The van der Waals surface area contributed by atoms with Crippen LogP contribution in [-0.2, 0) is 0 Å². The van der Waals surface area contributed by atoms with Gasteiger partial charge in [-0.25, -0.2) is 0 Å². The van der Waals surface area contributed by atoms with Crippen molar-refractivity contribution >= 4 is 21.8 Å². The van der Waals surface area contributed by atoms with Crippen LogP contribution in [0.4, 0.5) is 0 Å². The van der Waals surface area contributed by atoms with Gasteiger partial charge < -0.3 is 14.8 Å². The largest absolute Gasteiger partial charge is 0.490 e. The number of halogens is 1. The van der Waals surface area contributed by atoms with E-state index in [-0.39, 0.29) is 11.9 Å². The summed E-state index contributed by atoms with van der Waals surface area (Å²) in [4.78, 5) is 12.3. The summed E-state index contributed by atoms with van der Waals surface area (Å²) in [5.74, 6) is 1.26. The molecule has 4 nitrogen and oxygen atoms in total. The summed E-state index contributed by atoms with van der Waals surface area (Å²) >= 11 is 3.56. The number of carbonyl (C=O) groups excluding carboxylic acids is 1. The van der Waals surface area contributed by atoms with Gasteiger partial charge in [-0.15, -0.1) is 0 Å². The number of benzene rings is 2. The third-order valence-corrected chi connectivity index (χ3v) is 4.20. The standard InChI is InChI=1S/C19H22BrNO3/c1-4-23-17-11-15(16(20)12-18(17)24-5-2)13(3)21-19(22)14-9-7-6-8-10-14/h6-13H,4-5H2,1-3H3,(H,21,22)/t13-/m1/s1. The van der Waals surface area contributed by atoms with E-state index in [1.165, 1.54) is 0 Å². The third-order valence-electron chi connectivity index (χ3n) is 3.51. The Morgan fingerprint density at radius 1 is 1.08 bits per heavy atom. The van der Waals surface area contributed by atoms with Crippen molar-refractivity contribution in [2.45, 2.75) is 26.8 Å². The lowest BCUT2D eigenvalue weighted by Gasteiger charge is -2.19. The maximum absolute atomic E-state index is 12.3. The predicted molar refractivity (Wildman–Crippen MR) is 98.8 cm³/mol. The first-order valence-electron chi connectivity index (χ1n) is 8.01. The lowest BCUT2D eigenvalue weighted by atomic mass is 10.1. The van der Waals surface area contributed by atoms with Gasteiger partial charge in [-0.2, -0.15) is 0 Å². The number of rotatable bonds is 7. The number of carbonyl (C=O) groups is 1. The van der Waals surface area contributed by atoms with Crippen LogP contribution in [-0.4, -0.2) is 19.1 Å². The number of hydrogen-bond acceptors (Lipinski definition) is 3. The fourth-order valence-corrected chi connectivity index (χ4v) is 3.03. The third kappa shape index (κ3) is 4.51. The molecule has 0 radical (unpaired) electrons. The summed E-state index contributed by atoms with van der Waals surface area (Å²) in [5.41, 5.74) is 1.57. The van der Waals surface area contributed by atoms with Crippen molar-refractivity contribution in [3.63, 3.8) is 0 Å². The minimum atomic E-state index is -0.179. The number of ether oxygens (including phenoxy) is 2. The molecular weight excluding hydrogens is 370 g/mol. The summed E-state index contributed by atoms with van der Waals surface area (Å²) in [6, 6.07) is 12.8. The van der Waals surface area contributed by atoms with E-state index in [1.54, 1.807) is 12.1 Å². The molecule has 1 amide bonds. The van der Waals surface area contributed by atoms with Gasteiger partial charge in [0.1, 0.15) is 0 Å². The Kier molecular flexibility index (Phi) is 6.67. The highest BCUT2D eigenvalue weighted by molar-refractivity contribution is 9.10. The van der Waals surface area contributed by atoms with Gasteiger partial charge in [0, 0.05) is 10.0 Å². The summed E-state index contributed by atoms with van der Waals surface area (Å²) in [6.07, 6.45) is 0. The van der Waals surface area contributed by atoms with Crippen molar-refractivity contribution in [3.05, 3.63) is 58.1 Å².